The minimum absolute atomic E-state index is 0.529. The molecule has 2 heteroatoms. The molecule has 0 saturated carbocycles. The summed E-state index contributed by atoms with van der Waals surface area (Å²) in [5.41, 5.74) is 14.0. The molecule has 9 aromatic carbocycles. The number of hydrogen-bond donors (Lipinski definition) is 0. The Morgan fingerprint density at radius 1 is 0.340 bits per heavy atom. The number of aromatic nitrogens is 2. The molecule has 12 rings (SSSR count). The van der Waals surface area contributed by atoms with E-state index >= 15 is 0 Å². The van der Waals surface area contributed by atoms with Gasteiger partial charge in [-0.3, -0.25) is 0 Å². The molecule has 0 N–H and O–H groups in total. The molecule has 1 heterocycles. The fourth-order valence-corrected chi connectivity index (χ4v) is 9.88. The van der Waals surface area contributed by atoms with Crippen LogP contribution >= 0.6 is 0 Å². The van der Waals surface area contributed by atoms with Crippen molar-refractivity contribution in [2.75, 3.05) is 0 Å². The monoisotopic (exact) mass is 670 g/mol. The number of nitrogens with zero attached hydrogens (tertiary/aromatic N) is 2. The Bertz CT molecular complexity index is 3130. The fraction of sp³-hybridized carbons (Fsp3) is 0.0196. The topological polar surface area (TPSA) is 25.8 Å². The molecular weight excluding hydrogens is 641 g/mol. The Labute approximate surface area is 306 Å². The molecule has 0 fully saturated rings. The van der Waals surface area contributed by atoms with Gasteiger partial charge >= 0.3 is 0 Å². The van der Waals surface area contributed by atoms with Crippen molar-refractivity contribution < 1.29 is 0 Å². The largest absolute Gasteiger partial charge is 0.228 e. The van der Waals surface area contributed by atoms with Crippen molar-refractivity contribution in [3.63, 3.8) is 0 Å². The summed E-state index contributed by atoms with van der Waals surface area (Å²) in [6.45, 7) is 0. The van der Waals surface area contributed by atoms with E-state index in [4.69, 9.17) is 9.97 Å². The minimum atomic E-state index is -0.529. The SMILES string of the molecule is c1ccc(-c2nc(-c3cc4c(c5ccccc35)C3(c5ccccc5-c5ccccc53)c3c-4c4ccccc4c4ccccc34)nc3ccccc23)cc1. The lowest BCUT2D eigenvalue weighted by molar-refractivity contribution is 0.809. The molecule has 2 aliphatic rings. The zero-order chi connectivity index (χ0) is 34.7. The quantitative estimate of drug-likeness (QED) is 0.171. The molecule has 0 saturated heterocycles. The van der Waals surface area contributed by atoms with E-state index in [1.807, 2.05) is 0 Å². The van der Waals surface area contributed by atoms with Crippen LogP contribution < -0.4 is 0 Å². The highest BCUT2D eigenvalue weighted by Gasteiger charge is 2.54. The third kappa shape index (κ3) is 3.67. The van der Waals surface area contributed by atoms with Gasteiger partial charge in [0.1, 0.15) is 0 Å². The van der Waals surface area contributed by atoms with Crippen LogP contribution in [0, 0.1) is 0 Å². The second kappa shape index (κ2) is 10.6. The average molecular weight is 671 g/mol. The van der Waals surface area contributed by atoms with Crippen molar-refractivity contribution in [3.8, 4) is 44.9 Å². The smallest absolute Gasteiger partial charge is 0.161 e. The molecule has 0 aliphatic heterocycles. The van der Waals surface area contributed by atoms with Crippen molar-refractivity contribution >= 4 is 43.2 Å². The summed E-state index contributed by atoms with van der Waals surface area (Å²) in [7, 11) is 0. The zero-order valence-corrected chi connectivity index (χ0v) is 28.7. The van der Waals surface area contributed by atoms with Gasteiger partial charge < -0.3 is 0 Å². The predicted octanol–water partition coefficient (Wildman–Crippen LogP) is 12.8. The third-order valence-corrected chi connectivity index (χ3v) is 11.8. The Kier molecular flexibility index (Phi) is 5.73. The van der Waals surface area contributed by atoms with Gasteiger partial charge in [-0.05, 0) is 89.0 Å². The van der Waals surface area contributed by atoms with Crippen LogP contribution in [0.3, 0.4) is 0 Å². The molecule has 53 heavy (non-hydrogen) atoms. The second-order valence-corrected chi connectivity index (χ2v) is 14.4. The Hall–Kier alpha value is -6.90. The van der Waals surface area contributed by atoms with Crippen LogP contribution in [-0.4, -0.2) is 9.97 Å². The average Bonchev–Trinajstić information content (AvgIpc) is 3.71. The van der Waals surface area contributed by atoms with E-state index in [0.717, 1.165) is 38.9 Å². The number of hydrogen-bond acceptors (Lipinski definition) is 2. The minimum Gasteiger partial charge on any atom is -0.228 e. The zero-order valence-electron chi connectivity index (χ0n) is 28.7. The molecule has 10 aromatic rings. The predicted molar refractivity (Wildman–Crippen MR) is 219 cm³/mol. The van der Waals surface area contributed by atoms with Crippen molar-refractivity contribution in [2.45, 2.75) is 5.41 Å². The lowest BCUT2D eigenvalue weighted by Gasteiger charge is -2.32. The third-order valence-electron chi connectivity index (χ3n) is 11.8. The fourth-order valence-electron chi connectivity index (χ4n) is 9.88. The Morgan fingerprint density at radius 3 is 1.55 bits per heavy atom. The van der Waals surface area contributed by atoms with Gasteiger partial charge in [0.15, 0.2) is 5.82 Å². The summed E-state index contributed by atoms with van der Waals surface area (Å²) < 4.78 is 0. The molecule has 244 valence electrons. The normalized spacial score (nSPS) is 13.4. The first-order valence-electron chi connectivity index (χ1n) is 18.3. The van der Waals surface area contributed by atoms with Crippen molar-refractivity contribution in [3.05, 3.63) is 204 Å². The summed E-state index contributed by atoms with van der Waals surface area (Å²) >= 11 is 0. The van der Waals surface area contributed by atoms with Crippen molar-refractivity contribution in [1.29, 1.82) is 0 Å². The summed E-state index contributed by atoms with van der Waals surface area (Å²) in [4.78, 5) is 10.8. The van der Waals surface area contributed by atoms with Gasteiger partial charge in [0.2, 0.25) is 0 Å². The van der Waals surface area contributed by atoms with E-state index in [-0.39, 0.29) is 0 Å². The van der Waals surface area contributed by atoms with Gasteiger partial charge in [0, 0.05) is 16.5 Å². The van der Waals surface area contributed by atoms with Gasteiger partial charge in [-0.25, -0.2) is 9.97 Å². The van der Waals surface area contributed by atoms with Gasteiger partial charge in [0.05, 0.1) is 16.6 Å². The van der Waals surface area contributed by atoms with Crippen molar-refractivity contribution in [2.24, 2.45) is 0 Å². The number of fused-ring (bicyclic) bond motifs is 18. The number of para-hydroxylation sites is 1. The molecule has 1 aromatic heterocycles. The molecule has 0 radical (unpaired) electrons. The number of benzene rings is 9. The van der Waals surface area contributed by atoms with Crippen LogP contribution in [0.15, 0.2) is 182 Å². The molecule has 0 bridgehead atoms. The van der Waals surface area contributed by atoms with Crippen LogP contribution in [0.2, 0.25) is 0 Å². The maximum absolute atomic E-state index is 5.44. The molecule has 0 amide bonds. The van der Waals surface area contributed by atoms with Crippen molar-refractivity contribution in [1.82, 2.24) is 9.97 Å². The standard InChI is InChI=1S/C51H30N2/c1-2-16-31(17-3-1)49-40-26-12-15-29-45(40)52-50(53-49)41-30-42-46-37-23-7-4-18-32(37)33-19-5-9-25-39(33)48(46)51(47(42)38-24-8-6-20-34(38)41)43-27-13-10-21-35(43)36-22-11-14-28-44(36)51/h1-30H. The molecule has 1 spiro atoms. The van der Waals surface area contributed by atoms with Gasteiger partial charge in [0.25, 0.3) is 0 Å². The van der Waals surface area contributed by atoms with Crippen LogP contribution in [0.5, 0.6) is 0 Å². The summed E-state index contributed by atoms with van der Waals surface area (Å²) in [5, 5.41) is 8.55. The molecule has 2 nitrogen and oxygen atoms in total. The second-order valence-electron chi connectivity index (χ2n) is 14.4. The van der Waals surface area contributed by atoms with E-state index in [1.54, 1.807) is 0 Å². The van der Waals surface area contributed by atoms with Gasteiger partial charge in [-0.1, -0.05) is 170 Å². The number of rotatable bonds is 2. The summed E-state index contributed by atoms with van der Waals surface area (Å²) in [6, 6.07) is 66.5. The highest BCUT2D eigenvalue weighted by molar-refractivity contribution is 6.22. The maximum Gasteiger partial charge on any atom is 0.161 e. The van der Waals surface area contributed by atoms with Crippen LogP contribution in [0.1, 0.15) is 22.3 Å². The highest BCUT2D eigenvalue weighted by Crippen LogP contribution is 2.67. The highest BCUT2D eigenvalue weighted by atomic mass is 14.9. The van der Waals surface area contributed by atoms with E-state index in [2.05, 4.69) is 182 Å². The first-order valence-corrected chi connectivity index (χ1v) is 18.3. The van der Waals surface area contributed by atoms with Crippen LogP contribution in [0.25, 0.3) is 88.1 Å². The molecule has 2 aliphatic carbocycles. The summed E-state index contributed by atoms with van der Waals surface area (Å²) in [6.07, 6.45) is 0. The molecule has 0 unspecified atom stereocenters. The van der Waals surface area contributed by atoms with E-state index < -0.39 is 5.41 Å². The molecular formula is C51H30N2. The van der Waals surface area contributed by atoms with E-state index in [0.29, 0.717) is 0 Å². The Balaban J connectivity index is 1.31. The maximum atomic E-state index is 5.44. The molecule has 0 atom stereocenters. The van der Waals surface area contributed by atoms with E-state index in [1.165, 1.54) is 71.4 Å². The Morgan fingerprint density at radius 2 is 0.849 bits per heavy atom. The van der Waals surface area contributed by atoms with Gasteiger partial charge in [-0.15, -0.1) is 0 Å². The summed E-state index contributed by atoms with van der Waals surface area (Å²) in [5.74, 6) is 0.737. The van der Waals surface area contributed by atoms with Crippen LogP contribution in [0.4, 0.5) is 0 Å². The lowest BCUT2D eigenvalue weighted by atomic mass is 9.68. The first-order chi connectivity index (χ1) is 26.3. The van der Waals surface area contributed by atoms with Crippen LogP contribution in [-0.2, 0) is 5.41 Å². The van der Waals surface area contributed by atoms with E-state index in [9.17, 15) is 0 Å². The van der Waals surface area contributed by atoms with Gasteiger partial charge in [-0.2, -0.15) is 0 Å². The lowest BCUT2D eigenvalue weighted by Crippen LogP contribution is -2.26. The first kappa shape index (κ1) is 28.8.